The zero-order valence-electron chi connectivity index (χ0n) is 13.2. The van der Waals surface area contributed by atoms with Gasteiger partial charge in [0.2, 0.25) is 5.88 Å². The zero-order valence-corrected chi connectivity index (χ0v) is 13.2. The molecule has 0 radical (unpaired) electrons. The topological polar surface area (TPSA) is 46.4 Å². The maximum Gasteiger partial charge on any atom is 0.319 e. The van der Waals surface area contributed by atoms with Crippen LogP contribution in [0.15, 0.2) is 21.4 Å². The Balaban J connectivity index is 2.60. The lowest BCUT2D eigenvalue weighted by atomic mass is 10.2. The van der Waals surface area contributed by atoms with Gasteiger partial charge in [-0.1, -0.05) is 6.92 Å². The zero-order chi connectivity index (χ0) is 15.0. The summed E-state index contributed by atoms with van der Waals surface area (Å²) in [6.45, 7) is 11.9. The molecule has 1 saturated heterocycles. The molecule has 1 fully saturated rings. The maximum atomic E-state index is 5.67. The van der Waals surface area contributed by atoms with Crippen LogP contribution in [0.25, 0.3) is 0 Å². The number of nitrogens with zero attached hydrogens (tertiary/aromatic N) is 3. The van der Waals surface area contributed by atoms with Crippen molar-refractivity contribution >= 4 is 12.7 Å². The van der Waals surface area contributed by atoms with Gasteiger partial charge in [-0.05, 0) is 59.0 Å². The second-order valence-corrected chi connectivity index (χ2v) is 5.29. The van der Waals surface area contributed by atoms with Crippen molar-refractivity contribution < 1.29 is 9.47 Å². The summed E-state index contributed by atoms with van der Waals surface area (Å²) in [7, 11) is 2.12. The lowest BCUT2D eigenvalue weighted by molar-refractivity contribution is 0.181. The minimum Gasteiger partial charge on any atom is -0.478 e. The van der Waals surface area contributed by atoms with E-state index < -0.39 is 0 Å². The number of hydrogen-bond acceptors (Lipinski definition) is 4. The number of rotatable bonds is 6. The Morgan fingerprint density at radius 3 is 2.60 bits per heavy atom. The largest absolute Gasteiger partial charge is 0.478 e. The van der Waals surface area contributed by atoms with E-state index in [-0.39, 0.29) is 6.02 Å². The molecule has 1 rings (SSSR count). The summed E-state index contributed by atoms with van der Waals surface area (Å²) in [4.78, 5) is 10.5. The van der Waals surface area contributed by atoms with Gasteiger partial charge in [0.25, 0.3) is 0 Å². The van der Waals surface area contributed by atoms with Gasteiger partial charge >= 0.3 is 6.02 Å². The molecule has 0 bridgehead atoms. The molecule has 0 aromatic rings. The summed E-state index contributed by atoms with van der Waals surface area (Å²) < 4.78 is 11.3. The van der Waals surface area contributed by atoms with Crippen molar-refractivity contribution in [1.29, 1.82) is 0 Å². The van der Waals surface area contributed by atoms with E-state index in [1.54, 1.807) is 0 Å². The van der Waals surface area contributed by atoms with Crippen molar-refractivity contribution in [2.45, 2.75) is 46.1 Å². The summed E-state index contributed by atoms with van der Waals surface area (Å²) in [6, 6.07) is 0.728. The third-order valence-electron chi connectivity index (χ3n) is 3.28. The standard InChI is InChI=1S/C15H27N3O2/c1-6-10-19-14(12(2)3)17-15(16-4)20-11-13-8-7-9-18(13)5/h13H,4,6-11H2,1-3,5H3/b17-15+/t13-/m0/s1. The number of aliphatic imine (C=N–C) groups is 2. The first kappa shape index (κ1) is 16.7. The van der Waals surface area contributed by atoms with Gasteiger partial charge in [0.15, 0.2) is 0 Å². The van der Waals surface area contributed by atoms with Crippen LogP contribution in [-0.4, -0.2) is 50.5 Å². The van der Waals surface area contributed by atoms with E-state index in [0.717, 1.165) is 25.0 Å². The summed E-state index contributed by atoms with van der Waals surface area (Å²) in [5.74, 6) is 0.578. The molecule has 1 aliphatic heterocycles. The third kappa shape index (κ3) is 5.33. The lowest BCUT2D eigenvalue weighted by Crippen LogP contribution is -2.30. The van der Waals surface area contributed by atoms with E-state index in [9.17, 15) is 0 Å². The number of amidine groups is 1. The summed E-state index contributed by atoms with van der Waals surface area (Å²) in [5.41, 5.74) is 1.00. The normalized spacial score (nSPS) is 19.8. The smallest absolute Gasteiger partial charge is 0.319 e. The van der Waals surface area contributed by atoms with Crippen LogP contribution >= 0.6 is 0 Å². The Morgan fingerprint density at radius 2 is 2.10 bits per heavy atom. The highest BCUT2D eigenvalue weighted by molar-refractivity contribution is 5.79. The first-order valence-electron chi connectivity index (χ1n) is 7.27. The molecule has 1 heterocycles. The second-order valence-electron chi connectivity index (χ2n) is 5.29. The van der Waals surface area contributed by atoms with Crippen molar-refractivity contribution in [3.8, 4) is 0 Å². The van der Waals surface area contributed by atoms with Gasteiger partial charge in [-0.3, -0.25) is 0 Å². The number of likely N-dealkylation sites (N-methyl/N-ethyl adjacent to an activating group) is 1. The molecule has 0 aliphatic carbocycles. The third-order valence-corrected chi connectivity index (χ3v) is 3.28. The van der Waals surface area contributed by atoms with Crippen molar-refractivity contribution in [3.05, 3.63) is 11.5 Å². The predicted octanol–water partition coefficient (Wildman–Crippen LogP) is 2.83. The number of allylic oxidation sites excluding steroid dienone is 1. The van der Waals surface area contributed by atoms with Gasteiger partial charge in [-0.2, -0.15) is 4.99 Å². The highest BCUT2D eigenvalue weighted by atomic mass is 16.5. The van der Waals surface area contributed by atoms with Crippen LogP contribution in [0.1, 0.15) is 40.0 Å². The molecule has 20 heavy (non-hydrogen) atoms. The van der Waals surface area contributed by atoms with E-state index in [1.807, 2.05) is 13.8 Å². The Morgan fingerprint density at radius 1 is 1.35 bits per heavy atom. The van der Waals surface area contributed by atoms with Crippen molar-refractivity contribution in [2.75, 3.05) is 26.8 Å². The van der Waals surface area contributed by atoms with Gasteiger partial charge < -0.3 is 14.4 Å². The highest BCUT2D eigenvalue weighted by Crippen LogP contribution is 2.15. The molecular formula is C15H27N3O2. The van der Waals surface area contributed by atoms with E-state index in [0.29, 0.717) is 25.1 Å². The summed E-state index contributed by atoms with van der Waals surface area (Å²) in [6.07, 6.45) is 3.32. The van der Waals surface area contributed by atoms with Crippen LogP contribution in [0, 0.1) is 0 Å². The Bertz CT molecular complexity index is 373. The summed E-state index contributed by atoms with van der Waals surface area (Å²) in [5, 5.41) is 0. The van der Waals surface area contributed by atoms with Gasteiger partial charge in [0.1, 0.15) is 6.61 Å². The minimum atomic E-state index is 0.289. The van der Waals surface area contributed by atoms with Gasteiger partial charge in [-0.25, -0.2) is 4.99 Å². The average Bonchev–Trinajstić information content (AvgIpc) is 2.83. The minimum absolute atomic E-state index is 0.289. The Hall–Kier alpha value is -1.36. The first-order chi connectivity index (χ1) is 9.58. The SMILES string of the molecule is C=N/C(=N\C(OCCC)=C(C)C)OC[C@@H]1CCCN1C. The van der Waals surface area contributed by atoms with Gasteiger partial charge in [0.05, 0.1) is 6.61 Å². The van der Waals surface area contributed by atoms with Crippen molar-refractivity contribution in [3.63, 3.8) is 0 Å². The molecule has 1 atom stereocenters. The molecule has 0 N–H and O–H groups in total. The molecule has 114 valence electrons. The fourth-order valence-electron chi connectivity index (χ4n) is 2.05. The maximum absolute atomic E-state index is 5.67. The quantitative estimate of drug-likeness (QED) is 0.427. The lowest BCUT2D eigenvalue weighted by Gasteiger charge is -2.19. The molecule has 0 amide bonds. The Kier molecular flexibility index (Phi) is 7.30. The molecule has 0 aromatic carbocycles. The van der Waals surface area contributed by atoms with Crippen molar-refractivity contribution in [2.24, 2.45) is 9.98 Å². The number of ether oxygens (including phenoxy) is 2. The van der Waals surface area contributed by atoms with Crippen LogP contribution in [-0.2, 0) is 9.47 Å². The van der Waals surface area contributed by atoms with Crippen LogP contribution in [0.2, 0.25) is 0 Å². The van der Waals surface area contributed by atoms with Crippen LogP contribution in [0.5, 0.6) is 0 Å². The first-order valence-corrected chi connectivity index (χ1v) is 7.27. The van der Waals surface area contributed by atoms with Gasteiger partial charge in [0, 0.05) is 6.04 Å². The molecular weight excluding hydrogens is 254 g/mol. The number of hydrogen-bond donors (Lipinski definition) is 0. The van der Waals surface area contributed by atoms with E-state index in [2.05, 4.69) is 35.6 Å². The highest BCUT2D eigenvalue weighted by Gasteiger charge is 2.21. The molecule has 0 spiro atoms. The second kappa shape index (κ2) is 8.74. The molecule has 5 heteroatoms. The van der Waals surface area contributed by atoms with Crippen molar-refractivity contribution in [1.82, 2.24) is 4.90 Å². The van der Waals surface area contributed by atoms with Crippen LogP contribution in [0.4, 0.5) is 0 Å². The van der Waals surface area contributed by atoms with E-state index >= 15 is 0 Å². The van der Waals surface area contributed by atoms with E-state index in [4.69, 9.17) is 9.47 Å². The Labute approximate surface area is 122 Å². The van der Waals surface area contributed by atoms with Crippen LogP contribution < -0.4 is 0 Å². The van der Waals surface area contributed by atoms with E-state index in [1.165, 1.54) is 6.42 Å². The predicted molar refractivity (Wildman–Crippen MR) is 83.2 cm³/mol. The number of likely N-dealkylation sites (tertiary alicyclic amines) is 1. The molecule has 0 saturated carbocycles. The molecule has 0 unspecified atom stereocenters. The average molecular weight is 281 g/mol. The fourth-order valence-corrected chi connectivity index (χ4v) is 2.05. The molecule has 1 aliphatic rings. The molecule has 0 aromatic heterocycles. The monoisotopic (exact) mass is 281 g/mol. The molecule has 5 nitrogen and oxygen atoms in total. The van der Waals surface area contributed by atoms with Gasteiger partial charge in [-0.15, -0.1) is 0 Å². The summed E-state index contributed by atoms with van der Waals surface area (Å²) >= 11 is 0. The van der Waals surface area contributed by atoms with Crippen LogP contribution in [0.3, 0.4) is 0 Å². The fraction of sp³-hybridized carbons (Fsp3) is 0.733.